The van der Waals surface area contributed by atoms with Gasteiger partial charge < -0.3 is 14.2 Å². The first-order valence-corrected chi connectivity index (χ1v) is 7.71. The molecule has 0 aliphatic carbocycles. The van der Waals surface area contributed by atoms with Gasteiger partial charge in [-0.1, -0.05) is 5.16 Å². The lowest BCUT2D eigenvalue weighted by Gasteiger charge is -2.33. The quantitative estimate of drug-likeness (QED) is 0.820. The average molecular weight is 315 g/mol. The summed E-state index contributed by atoms with van der Waals surface area (Å²) in [5, 5.41) is 3.95. The maximum absolute atomic E-state index is 12.5. The second-order valence-electron chi connectivity index (χ2n) is 5.96. The largest absolute Gasteiger partial charge is 0.365 e. The zero-order chi connectivity index (χ0) is 15.8. The summed E-state index contributed by atoms with van der Waals surface area (Å²) in [5.74, 6) is 1.46. The summed E-state index contributed by atoms with van der Waals surface area (Å²) in [6, 6.07) is 0. The summed E-state index contributed by atoms with van der Waals surface area (Å²) in [6.45, 7) is 3.03. The van der Waals surface area contributed by atoms with Gasteiger partial charge in [0.15, 0.2) is 0 Å². The van der Waals surface area contributed by atoms with E-state index in [4.69, 9.17) is 9.26 Å². The number of fused-ring (bicyclic) bond motifs is 1. The Morgan fingerprint density at radius 2 is 2.30 bits per heavy atom. The van der Waals surface area contributed by atoms with Crippen LogP contribution >= 0.6 is 0 Å². The van der Waals surface area contributed by atoms with Crippen LogP contribution in [0.1, 0.15) is 41.1 Å². The molecule has 2 aromatic rings. The predicted octanol–water partition coefficient (Wildman–Crippen LogP) is 1.16. The van der Waals surface area contributed by atoms with E-state index in [2.05, 4.69) is 20.1 Å². The Labute approximate surface area is 132 Å². The summed E-state index contributed by atoms with van der Waals surface area (Å²) in [6.07, 6.45) is 6.22. The van der Waals surface area contributed by atoms with Gasteiger partial charge in [0, 0.05) is 32.4 Å². The molecule has 0 unspecified atom stereocenters. The van der Waals surface area contributed by atoms with Gasteiger partial charge in [0.25, 0.3) is 5.91 Å². The van der Waals surface area contributed by atoms with Crippen LogP contribution in [0.5, 0.6) is 0 Å². The van der Waals surface area contributed by atoms with Crippen molar-refractivity contribution in [1.29, 1.82) is 0 Å². The predicted molar refractivity (Wildman–Crippen MR) is 77.3 cm³/mol. The van der Waals surface area contributed by atoms with Crippen LogP contribution in [0.2, 0.25) is 0 Å². The van der Waals surface area contributed by atoms with E-state index in [1.165, 1.54) is 12.4 Å². The first-order chi connectivity index (χ1) is 11.2. The number of nitrogens with zero attached hydrogens (tertiary/aromatic N) is 5. The number of carbonyl (C=O) groups is 1. The number of amides is 1. The lowest BCUT2D eigenvalue weighted by atomic mass is 9.91. The summed E-state index contributed by atoms with van der Waals surface area (Å²) in [4.78, 5) is 26.5. The number of aromatic nitrogens is 4. The number of piperidine rings is 1. The van der Waals surface area contributed by atoms with E-state index < -0.39 is 0 Å². The van der Waals surface area contributed by atoms with Crippen molar-refractivity contribution < 1.29 is 14.1 Å². The standard InChI is InChI=1S/C15H17N5O3/c1-9-18-14(19-23-9)12-6-10-2-5-20(8-13(10)22-12)15(21)11-7-16-3-4-17-11/h3-4,7,10,12-13H,2,5-6,8H2,1H3/t10-,12+,13+/m1/s1. The molecule has 3 atom stereocenters. The van der Waals surface area contributed by atoms with E-state index in [0.717, 1.165) is 12.8 Å². The number of carbonyl (C=O) groups excluding carboxylic acids is 1. The van der Waals surface area contributed by atoms with E-state index in [-0.39, 0.29) is 18.1 Å². The highest BCUT2D eigenvalue weighted by atomic mass is 16.5. The molecule has 4 heterocycles. The molecule has 120 valence electrons. The lowest BCUT2D eigenvalue weighted by molar-refractivity contribution is -0.00763. The van der Waals surface area contributed by atoms with Crippen LogP contribution in [0.15, 0.2) is 23.1 Å². The molecule has 0 radical (unpaired) electrons. The third-order valence-corrected chi connectivity index (χ3v) is 4.45. The molecule has 4 rings (SSSR count). The van der Waals surface area contributed by atoms with Crippen LogP contribution in [0.3, 0.4) is 0 Å². The number of aryl methyl sites for hydroxylation is 1. The molecule has 23 heavy (non-hydrogen) atoms. The van der Waals surface area contributed by atoms with E-state index in [0.29, 0.717) is 36.4 Å². The molecular weight excluding hydrogens is 298 g/mol. The van der Waals surface area contributed by atoms with Gasteiger partial charge in [-0.2, -0.15) is 4.98 Å². The van der Waals surface area contributed by atoms with Crippen molar-refractivity contribution in [1.82, 2.24) is 25.0 Å². The number of ether oxygens (including phenoxy) is 1. The van der Waals surface area contributed by atoms with Crippen molar-refractivity contribution in [3.8, 4) is 0 Å². The third kappa shape index (κ3) is 2.70. The second-order valence-corrected chi connectivity index (χ2v) is 5.96. The van der Waals surface area contributed by atoms with Gasteiger partial charge >= 0.3 is 0 Å². The molecule has 0 aromatic carbocycles. The zero-order valence-corrected chi connectivity index (χ0v) is 12.8. The van der Waals surface area contributed by atoms with Gasteiger partial charge in [-0.3, -0.25) is 9.78 Å². The number of hydrogen-bond donors (Lipinski definition) is 0. The third-order valence-electron chi connectivity index (χ3n) is 4.45. The molecule has 2 aromatic heterocycles. The fourth-order valence-electron chi connectivity index (χ4n) is 3.30. The highest BCUT2D eigenvalue weighted by Gasteiger charge is 2.42. The second kappa shape index (κ2) is 5.69. The Kier molecular flexibility index (Phi) is 3.53. The van der Waals surface area contributed by atoms with Crippen LogP contribution in [-0.2, 0) is 4.74 Å². The van der Waals surface area contributed by atoms with Crippen molar-refractivity contribution in [2.24, 2.45) is 5.92 Å². The van der Waals surface area contributed by atoms with Crippen molar-refractivity contribution >= 4 is 5.91 Å². The minimum Gasteiger partial charge on any atom is -0.365 e. The molecule has 0 bridgehead atoms. The van der Waals surface area contributed by atoms with Crippen LogP contribution in [0.25, 0.3) is 0 Å². The monoisotopic (exact) mass is 315 g/mol. The fraction of sp³-hybridized carbons (Fsp3) is 0.533. The molecule has 0 saturated carbocycles. The van der Waals surface area contributed by atoms with E-state index >= 15 is 0 Å². The Morgan fingerprint density at radius 3 is 3.04 bits per heavy atom. The highest BCUT2D eigenvalue weighted by Crippen LogP contribution is 2.40. The van der Waals surface area contributed by atoms with Gasteiger partial charge in [-0.25, -0.2) is 4.98 Å². The van der Waals surface area contributed by atoms with Gasteiger partial charge in [0.2, 0.25) is 11.7 Å². The Bertz CT molecular complexity index is 704. The smallest absolute Gasteiger partial charge is 0.274 e. The lowest BCUT2D eigenvalue weighted by Crippen LogP contribution is -2.45. The Hall–Kier alpha value is -2.35. The van der Waals surface area contributed by atoms with Crippen LogP contribution < -0.4 is 0 Å². The van der Waals surface area contributed by atoms with E-state index in [1.54, 1.807) is 18.0 Å². The molecular formula is C15H17N5O3. The summed E-state index contributed by atoms with van der Waals surface area (Å²) in [7, 11) is 0. The average Bonchev–Trinajstić information content (AvgIpc) is 3.20. The summed E-state index contributed by atoms with van der Waals surface area (Å²) < 4.78 is 11.1. The number of hydrogen-bond acceptors (Lipinski definition) is 7. The van der Waals surface area contributed by atoms with Crippen molar-refractivity contribution in [3.63, 3.8) is 0 Å². The number of rotatable bonds is 2. The summed E-state index contributed by atoms with van der Waals surface area (Å²) >= 11 is 0. The van der Waals surface area contributed by atoms with Crippen LogP contribution in [0, 0.1) is 12.8 Å². The van der Waals surface area contributed by atoms with Gasteiger partial charge in [-0.05, 0) is 18.8 Å². The van der Waals surface area contributed by atoms with Gasteiger partial charge in [0.1, 0.15) is 11.8 Å². The van der Waals surface area contributed by atoms with Crippen molar-refractivity contribution in [2.75, 3.05) is 13.1 Å². The minimum atomic E-state index is -0.144. The molecule has 2 aliphatic heterocycles. The van der Waals surface area contributed by atoms with Gasteiger partial charge in [-0.15, -0.1) is 0 Å². The van der Waals surface area contributed by atoms with Crippen LogP contribution in [0.4, 0.5) is 0 Å². The SMILES string of the molecule is Cc1nc([C@@H]2C[C@H]3CCN(C(=O)c4cnccn4)C[C@@H]3O2)no1. The Morgan fingerprint density at radius 1 is 1.39 bits per heavy atom. The first kappa shape index (κ1) is 14.3. The molecule has 2 fully saturated rings. The molecule has 2 saturated heterocycles. The molecule has 0 N–H and O–H groups in total. The topological polar surface area (TPSA) is 94.2 Å². The van der Waals surface area contributed by atoms with E-state index in [9.17, 15) is 4.79 Å². The summed E-state index contributed by atoms with van der Waals surface area (Å²) in [5.41, 5.74) is 0.370. The first-order valence-electron chi connectivity index (χ1n) is 7.71. The Balaban J connectivity index is 1.44. The maximum atomic E-state index is 12.5. The highest BCUT2D eigenvalue weighted by molar-refractivity contribution is 5.92. The van der Waals surface area contributed by atoms with E-state index in [1.807, 2.05) is 0 Å². The van der Waals surface area contributed by atoms with Crippen molar-refractivity contribution in [2.45, 2.75) is 32.0 Å². The molecule has 8 nitrogen and oxygen atoms in total. The molecule has 8 heteroatoms. The zero-order valence-electron chi connectivity index (χ0n) is 12.8. The van der Waals surface area contributed by atoms with Crippen molar-refractivity contribution in [3.05, 3.63) is 36.0 Å². The number of likely N-dealkylation sites (tertiary alicyclic amines) is 1. The maximum Gasteiger partial charge on any atom is 0.274 e. The molecule has 0 spiro atoms. The molecule has 2 aliphatic rings. The minimum absolute atomic E-state index is 0.00757. The molecule has 1 amide bonds. The van der Waals surface area contributed by atoms with Gasteiger partial charge in [0.05, 0.1) is 12.3 Å². The normalized spacial score (nSPS) is 27.0. The van der Waals surface area contributed by atoms with Crippen LogP contribution in [-0.4, -0.2) is 50.1 Å². The fourth-order valence-corrected chi connectivity index (χ4v) is 3.30.